The molecule has 7 nitrogen and oxygen atoms in total. The number of carboxylic acids is 1. The molecule has 0 saturated heterocycles. The Hall–Kier alpha value is -2.48. The minimum absolute atomic E-state index is 0.227. The summed E-state index contributed by atoms with van der Waals surface area (Å²) >= 11 is 0. The molecule has 2 aromatic carbocycles. The molecule has 0 bridgehead atoms. The average Bonchev–Trinajstić information content (AvgIpc) is 2.58. The van der Waals surface area contributed by atoms with Crippen molar-refractivity contribution in [3.05, 3.63) is 48.0 Å². The van der Waals surface area contributed by atoms with Crippen molar-refractivity contribution in [3.63, 3.8) is 0 Å². The first-order valence-corrected chi connectivity index (χ1v) is 7.82. The van der Waals surface area contributed by atoms with Crippen molar-refractivity contribution < 1.29 is 34.8 Å². The van der Waals surface area contributed by atoms with E-state index in [0.717, 1.165) is 10.8 Å². The summed E-state index contributed by atoms with van der Waals surface area (Å²) < 4.78 is 5.18. The van der Waals surface area contributed by atoms with Crippen LogP contribution >= 0.6 is 0 Å². The normalized spacial score (nSPS) is 29.3. The molecule has 1 aliphatic rings. The van der Waals surface area contributed by atoms with Crippen LogP contribution in [0.3, 0.4) is 0 Å². The molecule has 0 aromatic heterocycles. The van der Waals surface area contributed by atoms with Crippen LogP contribution in [0.2, 0.25) is 0 Å². The lowest BCUT2D eigenvalue weighted by Crippen LogP contribution is -2.57. The van der Waals surface area contributed by atoms with Crippen molar-refractivity contribution >= 4 is 22.7 Å². The Bertz CT molecular complexity index is 818. The van der Waals surface area contributed by atoms with Gasteiger partial charge in [-0.05, 0) is 22.9 Å². The fourth-order valence-corrected chi connectivity index (χ4v) is 3.06. The van der Waals surface area contributed by atoms with Gasteiger partial charge in [-0.15, -0.1) is 0 Å². The Morgan fingerprint density at radius 1 is 1.04 bits per heavy atom. The summed E-state index contributed by atoms with van der Waals surface area (Å²) in [6, 6.07) is 12.3. The van der Waals surface area contributed by atoms with Gasteiger partial charge in [0, 0.05) is 12.8 Å². The van der Waals surface area contributed by atoms with E-state index in [2.05, 4.69) is 0 Å². The highest BCUT2D eigenvalue weighted by atomic mass is 16.6. The van der Waals surface area contributed by atoms with Crippen molar-refractivity contribution in [2.75, 3.05) is 0 Å². The molecule has 0 heterocycles. The fraction of sp³-hybridized carbons (Fsp3) is 0.333. The molecule has 3 rings (SSSR count). The van der Waals surface area contributed by atoms with Crippen molar-refractivity contribution in [3.8, 4) is 0 Å². The van der Waals surface area contributed by atoms with Gasteiger partial charge in [0.2, 0.25) is 0 Å². The number of aliphatic hydroxyl groups excluding tert-OH is 2. The second-order valence-corrected chi connectivity index (χ2v) is 6.31. The van der Waals surface area contributed by atoms with Crippen molar-refractivity contribution in [2.45, 2.75) is 36.8 Å². The molecule has 7 heteroatoms. The Morgan fingerprint density at radius 2 is 1.72 bits per heavy atom. The summed E-state index contributed by atoms with van der Waals surface area (Å²) in [4.78, 5) is 23.5. The molecule has 0 radical (unpaired) electrons. The van der Waals surface area contributed by atoms with Crippen molar-refractivity contribution in [1.82, 2.24) is 0 Å². The van der Waals surface area contributed by atoms with Crippen LogP contribution in [0.15, 0.2) is 42.5 Å². The van der Waals surface area contributed by atoms with Crippen molar-refractivity contribution in [2.24, 2.45) is 0 Å². The van der Waals surface area contributed by atoms with Crippen LogP contribution in [0.25, 0.3) is 10.8 Å². The first-order chi connectivity index (χ1) is 11.8. The third-order valence-corrected chi connectivity index (χ3v) is 4.50. The molecule has 0 spiro atoms. The maximum atomic E-state index is 12.3. The predicted molar refractivity (Wildman–Crippen MR) is 87.0 cm³/mol. The van der Waals surface area contributed by atoms with Gasteiger partial charge in [0.1, 0.15) is 12.2 Å². The number of carbonyl (C=O) groups excluding carboxylic acids is 1. The van der Waals surface area contributed by atoms with E-state index >= 15 is 0 Å². The number of ether oxygens (including phenoxy) is 1. The molecule has 0 amide bonds. The van der Waals surface area contributed by atoms with Crippen LogP contribution in [0, 0.1) is 0 Å². The molecule has 2 aromatic rings. The molecule has 25 heavy (non-hydrogen) atoms. The Morgan fingerprint density at radius 3 is 2.40 bits per heavy atom. The zero-order chi connectivity index (χ0) is 18.2. The van der Waals surface area contributed by atoms with E-state index in [1.54, 1.807) is 18.2 Å². The van der Waals surface area contributed by atoms with Gasteiger partial charge in [0.05, 0.1) is 11.7 Å². The number of aliphatic carboxylic acids is 1. The highest BCUT2D eigenvalue weighted by molar-refractivity contribution is 5.95. The number of carbonyl (C=O) groups is 2. The van der Waals surface area contributed by atoms with Crippen LogP contribution in [-0.2, 0) is 9.53 Å². The Balaban J connectivity index is 1.81. The summed E-state index contributed by atoms with van der Waals surface area (Å²) in [6.45, 7) is 0. The van der Waals surface area contributed by atoms with Gasteiger partial charge in [-0.2, -0.15) is 0 Å². The van der Waals surface area contributed by atoms with E-state index in [1.165, 1.54) is 0 Å². The van der Waals surface area contributed by atoms with Crippen LogP contribution in [-0.4, -0.2) is 56.3 Å². The molecule has 0 aliphatic heterocycles. The number of hydrogen-bond donors (Lipinski definition) is 4. The van der Waals surface area contributed by atoms with Gasteiger partial charge >= 0.3 is 11.9 Å². The van der Waals surface area contributed by atoms with Gasteiger partial charge in [-0.3, -0.25) is 0 Å². The minimum Gasteiger partial charge on any atom is -0.479 e. The van der Waals surface area contributed by atoms with Gasteiger partial charge < -0.3 is 25.2 Å². The van der Waals surface area contributed by atoms with Gasteiger partial charge in [0.15, 0.2) is 5.60 Å². The third-order valence-electron chi connectivity index (χ3n) is 4.50. The van der Waals surface area contributed by atoms with E-state index in [4.69, 9.17) is 9.84 Å². The van der Waals surface area contributed by atoms with Gasteiger partial charge in [-0.25, -0.2) is 9.59 Å². The zero-order valence-electron chi connectivity index (χ0n) is 13.2. The highest BCUT2D eigenvalue weighted by Gasteiger charge is 2.50. The Kier molecular flexibility index (Phi) is 4.47. The number of aliphatic hydroxyl groups is 3. The van der Waals surface area contributed by atoms with Crippen molar-refractivity contribution in [1.29, 1.82) is 0 Å². The lowest BCUT2D eigenvalue weighted by molar-refractivity contribution is -0.187. The molecular formula is C18H18O7. The molecule has 1 saturated carbocycles. The monoisotopic (exact) mass is 346 g/mol. The largest absolute Gasteiger partial charge is 0.479 e. The van der Waals surface area contributed by atoms with E-state index in [9.17, 15) is 24.9 Å². The molecule has 4 atom stereocenters. The topological polar surface area (TPSA) is 124 Å². The smallest absolute Gasteiger partial charge is 0.338 e. The van der Waals surface area contributed by atoms with E-state index in [1.807, 2.05) is 24.3 Å². The lowest BCUT2D eigenvalue weighted by Gasteiger charge is -2.39. The Labute approximate surface area is 143 Å². The standard InChI is InChI=1S/C18H18O7/c19-13-8-18(24,17(22)23)9-14(15(13)20)25-16(21)12-6-5-10-3-1-2-4-11(10)7-12/h1-7,13-15,19-20,24H,8-9H2,(H,22,23)/t13-,14-,15+,18-/m1/s1. The number of fused-ring (bicyclic) bond motifs is 1. The number of rotatable bonds is 3. The molecule has 0 unspecified atom stereocenters. The average molecular weight is 346 g/mol. The second-order valence-electron chi connectivity index (χ2n) is 6.31. The summed E-state index contributed by atoms with van der Waals surface area (Å²) in [5, 5.41) is 40.7. The third kappa shape index (κ3) is 3.34. The quantitative estimate of drug-likeness (QED) is 0.603. The van der Waals surface area contributed by atoms with Crippen LogP contribution < -0.4 is 0 Å². The molecular weight excluding hydrogens is 328 g/mol. The zero-order valence-corrected chi connectivity index (χ0v) is 13.2. The minimum atomic E-state index is -2.26. The summed E-state index contributed by atoms with van der Waals surface area (Å²) in [6.07, 6.45) is -5.34. The maximum Gasteiger partial charge on any atom is 0.338 e. The van der Waals surface area contributed by atoms with Gasteiger partial charge in [0.25, 0.3) is 0 Å². The SMILES string of the molecule is O=C(O[C@@H]1C[C@@](O)(C(=O)O)C[C@@H](O)[C@@H]1O)c1ccc2ccccc2c1. The molecule has 132 valence electrons. The molecule has 1 aliphatic carbocycles. The van der Waals surface area contributed by atoms with Crippen LogP contribution in [0.1, 0.15) is 23.2 Å². The number of carboxylic acid groups (broad SMARTS) is 1. The predicted octanol–water partition coefficient (Wildman–Crippen LogP) is 0.696. The van der Waals surface area contributed by atoms with Crippen LogP contribution in [0.5, 0.6) is 0 Å². The summed E-state index contributed by atoms with van der Waals surface area (Å²) in [7, 11) is 0. The second kappa shape index (κ2) is 6.44. The van der Waals surface area contributed by atoms with E-state index in [-0.39, 0.29) is 5.56 Å². The summed E-state index contributed by atoms with van der Waals surface area (Å²) in [5.74, 6) is -2.30. The number of esters is 1. The summed E-state index contributed by atoms with van der Waals surface area (Å²) in [5.41, 5.74) is -2.03. The molecule has 1 fully saturated rings. The highest BCUT2D eigenvalue weighted by Crippen LogP contribution is 2.32. The van der Waals surface area contributed by atoms with E-state index in [0.29, 0.717) is 0 Å². The van der Waals surface area contributed by atoms with Crippen LogP contribution in [0.4, 0.5) is 0 Å². The van der Waals surface area contributed by atoms with Gasteiger partial charge in [-0.1, -0.05) is 30.3 Å². The number of hydrogen-bond acceptors (Lipinski definition) is 6. The molecule has 4 N–H and O–H groups in total. The first-order valence-electron chi connectivity index (χ1n) is 7.82. The lowest BCUT2D eigenvalue weighted by atomic mass is 9.79. The first kappa shape index (κ1) is 17.3. The number of benzene rings is 2. The fourth-order valence-electron chi connectivity index (χ4n) is 3.06. The van der Waals surface area contributed by atoms with E-state index < -0.39 is 48.7 Å². The maximum absolute atomic E-state index is 12.3.